The predicted octanol–water partition coefficient (Wildman–Crippen LogP) is 12.1. The number of unbranched alkanes of at least 4 members (excludes halogenated alkanes) is 19. The number of phosphoric acid groups is 1. The number of ether oxygens (including phenoxy) is 2. The zero-order valence-corrected chi connectivity index (χ0v) is 36.3. The van der Waals surface area contributed by atoms with Crippen LogP contribution in [-0.2, 0) is 32.7 Å². The largest absolute Gasteiger partial charge is 0.472 e. The molecule has 9 nitrogen and oxygen atoms in total. The second-order valence-corrected chi connectivity index (χ2v) is 17.2. The molecule has 2 unspecified atom stereocenters. The van der Waals surface area contributed by atoms with E-state index in [1.807, 2.05) is 21.1 Å². The van der Waals surface area contributed by atoms with Gasteiger partial charge in [0.25, 0.3) is 0 Å². The summed E-state index contributed by atoms with van der Waals surface area (Å²) in [6, 6.07) is 0. The number of likely N-dealkylation sites (N-methyl/N-ethyl adjacent to an activating group) is 1. The molecule has 0 saturated carbocycles. The van der Waals surface area contributed by atoms with E-state index in [4.69, 9.17) is 18.5 Å². The Kier molecular flexibility index (Phi) is 35.6. The highest BCUT2D eigenvalue weighted by Gasteiger charge is 2.27. The summed E-state index contributed by atoms with van der Waals surface area (Å²) in [6.07, 6.45) is 40.4. The highest BCUT2D eigenvalue weighted by molar-refractivity contribution is 7.47. The van der Waals surface area contributed by atoms with Gasteiger partial charge in [-0.2, -0.15) is 0 Å². The lowest BCUT2D eigenvalue weighted by Crippen LogP contribution is -2.37. The minimum Gasteiger partial charge on any atom is -0.462 e. The van der Waals surface area contributed by atoms with Crippen LogP contribution in [0.5, 0.6) is 0 Å². The van der Waals surface area contributed by atoms with Gasteiger partial charge in [0.05, 0.1) is 27.7 Å². The highest BCUT2D eigenvalue weighted by atomic mass is 31.2. The van der Waals surface area contributed by atoms with Crippen molar-refractivity contribution in [2.45, 2.75) is 187 Å². The lowest BCUT2D eigenvalue weighted by molar-refractivity contribution is -0.870. The lowest BCUT2D eigenvalue weighted by Gasteiger charge is -2.24. The molecule has 0 aromatic carbocycles. The molecule has 0 aromatic rings. The van der Waals surface area contributed by atoms with Crippen molar-refractivity contribution in [2.24, 2.45) is 0 Å². The first kappa shape index (κ1) is 52.2. The maximum absolute atomic E-state index is 12.7. The Morgan fingerprint density at radius 2 is 1.00 bits per heavy atom. The molecule has 0 aliphatic rings. The molecule has 0 bridgehead atoms. The fraction of sp³-hybridized carbons (Fsp3) is 0.818. The van der Waals surface area contributed by atoms with Crippen LogP contribution in [0.1, 0.15) is 181 Å². The summed E-state index contributed by atoms with van der Waals surface area (Å²) in [6.45, 7) is 4.37. The van der Waals surface area contributed by atoms with Gasteiger partial charge in [0.2, 0.25) is 0 Å². The van der Waals surface area contributed by atoms with E-state index in [-0.39, 0.29) is 32.0 Å². The van der Waals surface area contributed by atoms with Gasteiger partial charge in [-0.3, -0.25) is 18.6 Å². The standard InChI is InChI=1S/C44H82NO8P/c1-6-8-10-12-14-16-18-20-21-22-23-25-27-29-31-33-35-37-44(47)53-42(41-52-54(48,49)51-39-38-45(3,4)5)40-50-43(46)36-34-32-30-28-26-24-19-17-15-13-11-9-7-2/h14,16,20-21,23,25,42H,6-13,15,17-19,22,24,26-41H2,1-5H3/p+1/b16-14+,21-20+,25-23+. The Morgan fingerprint density at radius 1 is 0.574 bits per heavy atom. The number of esters is 2. The molecule has 10 heteroatoms. The molecular formula is C44H83NO8P+. The van der Waals surface area contributed by atoms with Crippen LogP contribution in [0.2, 0.25) is 0 Å². The third-order valence-electron chi connectivity index (χ3n) is 9.17. The summed E-state index contributed by atoms with van der Waals surface area (Å²) in [4.78, 5) is 35.3. The molecule has 0 aliphatic heterocycles. The molecule has 0 heterocycles. The van der Waals surface area contributed by atoms with Gasteiger partial charge in [-0.1, -0.05) is 153 Å². The number of hydrogen-bond donors (Lipinski definition) is 1. The van der Waals surface area contributed by atoms with Crippen molar-refractivity contribution in [3.8, 4) is 0 Å². The summed E-state index contributed by atoms with van der Waals surface area (Å²) >= 11 is 0. The van der Waals surface area contributed by atoms with Gasteiger partial charge in [-0.15, -0.1) is 0 Å². The molecule has 0 radical (unpaired) electrons. The van der Waals surface area contributed by atoms with Gasteiger partial charge < -0.3 is 18.9 Å². The van der Waals surface area contributed by atoms with E-state index in [1.54, 1.807) is 0 Å². The molecule has 0 fully saturated rings. The third kappa shape index (κ3) is 39.9. The predicted molar refractivity (Wildman–Crippen MR) is 224 cm³/mol. The first-order valence-corrected chi connectivity index (χ1v) is 23.2. The van der Waals surface area contributed by atoms with E-state index in [9.17, 15) is 19.0 Å². The number of phosphoric ester groups is 1. The Labute approximate surface area is 331 Å². The Morgan fingerprint density at radius 3 is 1.52 bits per heavy atom. The molecule has 0 rings (SSSR count). The van der Waals surface area contributed by atoms with E-state index in [2.05, 4.69) is 50.3 Å². The number of carbonyl (C=O) groups is 2. The van der Waals surface area contributed by atoms with Crippen molar-refractivity contribution in [1.29, 1.82) is 0 Å². The average Bonchev–Trinajstić information content (AvgIpc) is 3.12. The van der Waals surface area contributed by atoms with E-state index in [0.717, 1.165) is 57.8 Å². The molecule has 2 atom stereocenters. The number of hydrogen-bond acceptors (Lipinski definition) is 7. The van der Waals surface area contributed by atoms with Crippen molar-refractivity contribution in [3.05, 3.63) is 36.5 Å². The van der Waals surface area contributed by atoms with Crippen molar-refractivity contribution in [3.63, 3.8) is 0 Å². The molecular weight excluding hydrogens is 701 g/mol. The molecule has 1 N–H and O–H groups in total. The van der Waals surface area contributed by atoms with Crippen LogP contribution < -0.4 is 0 Å². The Balaban J connectivity index is 4.41. The fourth-order valence-electron chi connectivity index (χ4n) is 5.73. The van der Waals surface area contributed by atoms with Gasteiger partial charge in [-0.25, -0.2) is 4.57 Å². The molecule has 316 valence electrons. The van der Waals surface area contributed by atoms with Gasteiger partial charge in [0.15, 0.2) is 6.10 Å². The second kappa shape index (κ2) is 36.8. The zero-order chi connectivity index (χ0) is 40.0. The van der Waals surface area contributed by atoms with Gasteiger partial charge >= 0.3 is 19.8 Å². The van der Waals surface area contributed by atoms with Gasteiger partial charge in [0.1, 0.15) is 19.8 Å². The van der Waals surface area contributed by atoms with Crippen LogP contribution in [0.15, 0.2) is 36.5 Å². The molecule has 54 heavy (non-hydrogen) atoms. The maximum Gasteiger partial charge on any atom is 0.472 e. The number of nitrogens with zero attached hydrogens (tertiary/aromatic N) is 1. The second-order valence-electron chi connectivity index (χ2n) is 15.7. The Bertz CT molecular complexity index is 1020. The normalized spacial score (nSPS) is 14.0. The van der Waals surface area contributed by atoms with Gasteiger partial charge in [0, 0.05) is 12.8 Å². The van der Waals surface area contributed by atoms with Crippen LogP contribution in [0, 0.1) is 0 Å². The smallest absolute Gasteiger partial charge is 0.462 e. The monoisotopic (exact) mass is 785 g/mol. The van der Waals surface area contributed by atoms with E-state index < -0.39 is 26.5 Å². The SMILES string of the molecule is CCCCC/C=C/C/C=C/C/C=C/CCCCCCC(=O)OC(COC(=O)CCCCCCCCCCCCCCC)COP(=O)(O)OCC[N+](C)(C)C. The lowest BCUT2D eigenvalue weighted by atomic mass is 10.0. The fourth-order valence-corrected chi connectivity index (χ4v) is 6.47. The van der Waals surface area contributed by atoms with Crippen molar-refractivity contribution < 1.29 is 42.1 Å². The average molecular weight is 785 g/mol. The van der Waals surface area contributed by atoms with E-state index in [1.165, 1.54) is 89.9 Å². The van der Waals surface area contributed by atoms with Crippen LogP contribution in [0.25, 0.3) is 0 Å². The van der Waals surface area contributed by atoms with Crippen LogP contribution in [0.4, 0.5) is 0 Å². The minimum atomic E-state index is -4.38. The summed E-state index contributed by atoms with van der Waals surface area (Å²) in [5, 5.41) is 0. The summed E-state index contributed by atoms with van der Waals surface area (Å²) in [7, 11) is 1.46. The van der Waals surface area contributed by atoms with E-state index >= 15 is 0 Å². The quantitative estimate of drug-likeness (QED) is 0.0216. The Hall–Kier alpha value is -1.77. The number of quaternary nitrogens is 1. The summed E-state index contributed by atoms with van der Waals surface area (Å²) < 4.78 is 34.3. The topological polar surface area (TPSA) is 108 Å². The first-order chi connectivity index (χ1) is 26.0. The molecule has 0 aliphatic carbocycles. The molecule has 0 amide bonds. The van der Waals surface area contributed by atoms with Gasteiger partial charge in [-0.05, 0) is 51.4 Å². The molecule has 0 saturated heterocycles. The van der Waals surface area contributed by atoms with Crippen molar-refractivity contribution in [2.75, 3.05) is 47.5 Å². The molecule has 0 spiro atoms. The highest BCUT2D eigenvalue weighted by Crippen LogP contribution is 2.43. The number of carbonyl (C=O) groups excluding carboxylic acids is 2. The summed E-state index contributed by atoms with van der Waals surface area (Å²) in [5.41, 5.74) is 0. The first-order valence-electron chi connectivity index (χ1n) is 21.7. The number of rotatable bonds is 39. The van der Waals surface area contributed by atoms with Crippen LogP contribution in [0.3, 0.4) is 0 Å². The van der Waals surface area contributed by atoms with Crippen LogP contribution >= 0.6 is 7.82 Å². The number of allylic oxidation sites excluding steroid dienone is 6. The van der Waals surface area contributed by atoms with E-state index in [0.29, 0.717) is 17.4 Å². The van der Waals surface area contributed by atoms with Crippen LogP contribution in [-0.4, -0.2) is 74.9 Å². The van der Waals surface area contributed by atoms with Crippen molar-refractivity contribution in [1.82, 2.24) is 0 Å². The minimum absolute atomic E-state index is 0.0276. The zero-order valence-electron chi connectivity index (χ0n) is 35.5. The summed E-state index contributed by atoms with van der Waals surface area (Å²) in [5.74, 6) is -0.821. The molecule has 0 aromatic heterocycles. The third-order valence-corrected chi connectivity index (χ3v) is 10.2. The van der Waals surface area contributed by atoms with Crippen molar-refractivity contribution >= 4 is 19.8 Å². The maximum atomic E-state index is 12.7.